The number of hydrogen-bond acceptors (Lipinski definition) is 6. The molecule has 0 aromatic heterocycles. The Kier molecular flexibility index (Phi) is 10.3. The molecule has 1 rings (SSSR count). The Morgan fingerprint density at radius 1 is 1.15 bits per heavy atom. The van der Waals surface area contributed by atoms with Gasteiger partial charge in [0.15, 0.2) is 15.0 Å². The Morgan fingerprint density at radius 2 is 1.81 bits per heavy atom. The van der Waals surface area contributed by atoms with Crippen molar-refractivity contribution in [3.63, 3.8) is 0 Å². The average Bonchev–Trinajstić information content (AvgIpc) is 2.66. The molecule has 0 atom stereocenters. The van der Waals surface area contributed by atoms with E-state index in [0.717, 1.165) is 26.1 Å². The highest BCUT2D eigenvalue weighted by atomic mass is 32.2. The Morgan fingerprint density at radius 3 is 2.35 bits per heavy atom. The second-order valence-electron chi connectivity index (χ2n) is 5.70. The van der Waals surface area contributed by atoms with Gasteiger partial charge < -0.3 is 9.80 Å². The molecule has 0 heterocycles. The Hall–Kier alpha value is -1.56. The average molecular weight is 397 g/mol. The van der Waals surface area contributed by atoms with Crippen molar-refractivity contribution in [2.75, 3.05) is 44.7 Å². The maximum absolute atomic E-state index is 12.5. The molecule has 0 aliphatic carbocycles. The van der Waals surface area contributed by atoms with E-state index in [1.54, 1.807) is 30.3 Å². The van der Waals surface area contributed by atoms with Crippen molar-refractivity contribution in [1.82, 2.24) is 9.80 Å². The topological polar surface area (TPSA) is 76.8 Å². The van der Waals surface area contributed by atoms with Crippen molar-refractivity contribution in [2.45, 2.75) is 25.2 Å². The molecule has 0 aliphatic heterocycles. The van der Waals surface area contributed by atoms with E-state index < -0.39 is 9.84 Å². The third-order valence-corrected chi connectivity index (χ3v) is 6.55. The van der Waals surface area contributed by atoms with E-state index in [2.05, 4.69) is 23.7 Å². The minimum Gasteiger partial charge on any atom is -0.349 e. The number of nitriles is 1. The van der Waals surface area contributed by atoms with Crippen LogP contribution >= 0.6 is 11.8 Å². The molecule has 0 fully saturated rings. The minimum atomic E-state index is -3.36. The number of aliphatic imine (C=N–C) groups is 1. The lowest BCUT2D eigenvalue weighted by atomic mass is 10.3. The summed E-state index contributed by atoms with van der Waals surface area (Å²) in [6, 6.07) is 8.46. The molecular weight excluding hydrogens is 368 g/mol. The highest BCUT2D eigenvalue weighted by Gasteiger charge is 2.18. The van der Waals surface area contributed by atoms with Crippen LogP contribution in [0.1, 0.15) is 20.3 Å². The number of thioether (sulfide) groups is 1. The molecule has 0 bridgehead atoms. The van der Waals surface area contributed by atoms with Crippen LogP contribution < -0.4 is 0 Å². The van der Waals surface area contributed by atoms with Crippen molar-refractivity contribution in [3.05, 3.63) is 30.3 Å². The molecule has 6 nitrogen and oxygen atoms in total. The fraction of sp³-hybridized carbons (Fsp3) is 0.556. The minimum absolute atomic E-state index is 0.00666. The molecular formula is C18H28N4O2S2. The van der Waals surface area contributed by atoms with E-state index in [9.17, 15) is 8.42 Å². The molecule has 0 amide bonds. The zero-order chi connectivity index (χ0) is 19.4. The lowest BCUT2D eigenvalue weighted by Crippen LogP contribution is -2.36. The highest BCUT2D eigenvalue weighted by Crippen LogP contribution is 2.13. The third kappa shape index (κ3) is 7.36. The second-order valence-corrected chi connectivity index (χ2v) is 8.58. The fourth-order valence-electron chi connectivity index (χ4n) is 2.59. The summed E-state index contributed by atoms with van der Waals surface area (Å²) >= 11 is 1.36. The first-order chi connectivity index (χ1) is 12.5. The molecule has 26 heavy (non-hydrogen) atoms. The van der Waals surface area contributed by atoms with Gasteiger partial charge in [0, 0.05) is 13.1 Å². The van der Waals surface area contributed by atoms with Crippen molar-refractivity contribution in [2.24, 2.45) is 4.99 Å². The zero-order valence-corrected chi connectivity index (χ0v) is 17.4. The van der Waals surface area contributed by atoms with Crippen molar-refractivity contribution in [1.29, 1.82) is 5.26 Å². The smallest absolute Gasteiger partial charge is 0.208 e. The van der Waals surface area contributed by atoms with Gasteiger partial charge in [-0.25, -0.2) is 8.42 Å². The van der Waals surface area contributed by atoms with Gasteiger partial charge in [-0.2, -0.15) is 5.26 Å². The molecule has 1 aromatic carbocycles. The largest absolute Gasteiger partial charge is 0.349 e. The predicted molar refractivity (Wildman–Crippen MR) is 109 cm³/mol. The molecule has 0 unspecified atom stereocenters. The van der Waals surface area contributed by atoms with Crippen LogP contribution in [0.5, 0.6) is 0 Å². The Bertz CT molecular complexity index is 696. The molecule has 0 spiro atoms. The molecule has 0 N–H and O–H groups in total. The first-order valence-electron chi connectivity index (χ1n) is 8.74. The summed E-state index contributed by atoms with van der Waals surface area (Å²) in [6.07, 6.45) is 4.55. The summed E-state index contributed by atoms with van der Waals surface area (Å²) in [5.74, 6) is -0.00666. The van der Waals surface area contributed by atoms with Crippen molar-refractivity contribution in [3.8, 4) is 6.19 Å². The number of amidine groups is 1. The number of nitrogens with zero attached hydrogens (tertiary/aromatic N) is 4. The summed E-state index contributed by atoms with van der Waals surface area (Å²) < 4.78 is 25.1. The van der Waals surface area contributed by atoms with Crippen LogP contribution in [-0.2, 0) is 9.84 Å². The van der Waals surface area contributed by atoms with Gasteiger partial charge in [-0.1, -0.05) is 43.8 Å². The fourth-order valence-corrected chi connectivity index (χ4v) is 4.43. The third-order valence-electron chi connectivity index (χ3n) is 4.13. The van der Waals surface area contributed by atoms with Crippen LogP contribution in [0.25, 0.3) is 0 Å². The first-order valence-corrected chi connectivity index (χ1v) is 11.6. The number of benzene rings is 1. The molecule has 0 saturated heterocycles. The summed E-state index contributed by atoms with van der Waals surface area (Å²) in [5.41, 5.74) is 0. The van der Waals surface area contributed by atoms with E-state index >= 15 is 0 Å². The van der Waals surface area contributed by atoms with E-state index in [-0.39, 0.29) is 5.75 Å². The maximum atomic E-state index is 12.5. The maximum Gasteiger partial charge on any atom is 0.208 e. The number of rotatable bonds is 10. The van der Waals surface area contributed by atoms with Gasteiger partial charge in [0.2, 0.25) is 6.19 Å². The van der Waals surface area contributed by atoms with Crippen LogP contribution in [0.15, 0.2) is 40.2 Å². The molecule has 0 aliphatic rings. The van der Waals surface area contributed by atoms with Gasteiger partial charge >= 0.3 is 0 Å². The van der Waals surface area contributed by atoms with E-state index in [1.807, 2.05) is 17.3 Å². The van der Waals surface area contributed by atoms with Crippen molar-refractivity contribution >= 4 is 26.8 Å². The Balaban J connectivity index is 2.79. The molecule has 144 valence electrons. The lowest BCUT2D eigenvalue weighted by molar-refractivity contribution is 0.284. The zero-order valence-electron chi connectivity index (χ0n) is 15.8. The normalized spacial score (nSPS) is 12.2. The monoisotopic (exact) mass is 396 g/mol. The number of sulfone groups is 1. The van der Waals surface area contributed by atoms with Gasteiger partial charge in [0.25, 0.3) is 0 Å². The van der Waals surface area contributed by atoms with Gasteiger partial charge in [0.1, 0.15) is 0 Å². The highest BCUT2D eigenvalue weighted by molar-refractivity contribution is 8.13. The van der Waals surface area contributed by atoms with E-state index in [4.69, 9.17) is 5.26 Å². The van der Waals surface area contributed by atoms with Gasteiger partial charge in [-0.05, 0) is 44.4 Å². The summed E-state index contributed by atoms with van der Waals surface area (Å²) in [6.45, 7) is 8.14. The van der Waals surface area contributed by atoms with Gasteiger partial charge in [-0.3, -0.25) is 0 Å². The molecule has 0 saturated carbocycles. The van der Waals surface area contributed by atoms with E-state index in [1.165, 1.54) is 11.8 Å². The van der Waals surface area contributed by atoms with Crippen LogP contribution in [0.4, 0.5) is 0 Å². The van der Waals surface area contributed by atoms with Gasteiger partial charge in [-0.15, -0.1) is 4.99 Å². The quantitative estimate of drug-likeness (QED) is 0.344. The molecule has 8 heteroatoms. The number of hydrogen-bond donors (Lipinski definition) is 0. The van der Waals surface area contributed by atoms with Crippen molar-refractivity contribution < 1.29 is 8.42 Å². The van der Waals surface area contributed by atoms with Crippen LogP contribution in [0.3, 0.4) is 0 Å². The lowest BCUT2D eigenvalue weighted by Gasteiger charge is -2.26. The van der Waals surface area contributed by atoms with Crippen LogP contribution in [0.2, 0.25) is 0 Å². The standard InChI is InChI=1S/C18H28N4O2S2/c1-4-21(5-2)12-9-13-22(18(25-3)20-16-19)14-15-26(23,24)17-10-7-6-8-11-17/h6-8,10-11H,4-5,9,12-15H2,1-3H3/b20-18-. The second kappa shape index (κ2) is 11.9. The SMILES string of the molecule is CCN(CC)CCCN(CCS(=O)(=O)c1ccccc1)/C(=N/C#N)SC. The van der Waals surface area contributed by atoms with Crippen LogP contribution in [-0.4, -0.2) is 68.1 Å². The van der Waals surface area contributed by atoms with Crippen LogP contribution in [0, 0.1) is 11.5 Å². The van der Waals surface area contributed by atoms with Gasteiger partial charge in [0.05, 0.1) is 10.6 Å². The first kappa shape index (κ1) is 22.5. The predicted octanol–water partition coefficient (Wildman–Crippen LogP) is 2.69. The molecule has 0 radical (unpaired) electrons. The summed E-state index contributed by atoms with van der Waals surface area (Å²) in [7, 11) is -3.36. The summed E-state index contributed by atoms with van der Waals surface area (Å²) in [4.78, 5) is 8.40. The molecule has 1 aromatic rings. The summed E-state index contributed by atoms with van der Waals surface area (Å²) in [5, 5.41) is 9.47. The van der Waals surface area contributed by atoms with E-state index in [0.29, 0.717) is 23.2 Å². The Labute approximate surface area is 161 Å².